The molecule has 2 saturated carbocycles. The Morgan fingerprint density at radius 1 is 1.54 bits per heavy atom. The van der Waals surface area contributed by atoms with Crippen LogP contribution in [0.15, 0.2) is 0 Å². The Kier molecular flexibility index (Phi) is 2.28. The minimum Gasteiger partial charge on any atom is -0.465 e. The van der Waals surface area contributed by atoms with Crippen LogP contribution in [0.5, 0.6) is 0 Å². The lowest BCUT2D eigenvalue weighted by Crippen LogP contribution is -2.58. The van der Waals surface area contributed by atoms with Crippen LogP contribution in [-0.4, -0.2) is 24.2 Å². The van der Waals surface area contributed by atoms with E-state index < -0.39 is 0 Å². The summed E-state index contributed by atoms with van der Waals surface area (Å²) in [5.41, 5.74) is -0.294. The van der Waals surface area contributed by atoms with Crippen molar-refractivity contribution >= 4 is 5.97 Å². The van der Waals surface area contributed by atoms with Crippen molar-refractivity contribution in [2.75, 3.05) is 6.61 Å². The van der Waals surface area contributed by atoms with Gasteiger partial charge >= 0.3 is 5.97 Å². The van der Waals surface area contributed by atoms with E-state index in [2.05, 4.69) is 5.32 Å². The van der Waals surface area contributed by atoms with Gasteiger partial charge in [0.25, 0.3) is 0 Å². The minimum atomic E-state index is -0.294. The van der Waals surface area contributed by atoms with Crippen molar-refractivity contribution in [2.24, 2.45) is 0 Å². The van der Waals surface area contributed by atoms with E-state index in [1.54, 1.807) is 0 Å². The van der Waals surface area contributed by atoms with Crippen molar-refractivity contribution in [1.29, 1.82) is 0 Å². The molecule has 0 heterocycles. The first-order valence-electron chi connectivity index (χ1n) is 5.22. The van der Waals surface area contributed by atoms with E-state index in [-0.39, 0.29) is 11.5 Å². The van der Waals surface area contributed by atoms with Crippen molar-refractivity contribution < 1.29 is 9.53 Å². The molecule has 0 radical (unpaired) electrons. The number of carbonyl (C=O) groups excluding carboxylic acids is 1. The number of esters is 1. The highest BCUT2D eigenvalue weighted by Gasteiger charge is 2.48. The second-order valence-corrected chi connectivity index (χ2v) is 4.07. The van der Waals surface area contributed by atoms with E-state index in [9.17, 15) is 4.79 Å². The molecule has 3 heteroatoms. The number of rotatable bonds is 4. The zero-order valence-electron chi connectivity index (χ0n) is 8.14. The highest BCUT2D eigenvalue weighted by Crippen LogP contribution is 2.36. The summed E-state index contributed by atoms with van der Waals surface area (Å²) in [6.07, 6.45) is 5.52. The molecule has 2 aliphatic carbocycles. The van der Waals surface area contributed by atoms with Crippen molar-refractivity contribution in [3.8, 4) is 0 Å². The molecular weight excluding hydrogens is 166 g/mol. The molecular formula is C10H17NO2. The van der Waals surface area contributed by atoms with Crippen LogP contribution in [0.2, 0.25) is 0 Å². The second-order valence-electron chi connectivity index (χ2n) is 4.07. The third kappa shape index (κ3) is 1.70. The fourth-order valence-corrected chi connectivity index (χ4v) is 1.83. The summed E-state index contributed by atoms with van der Waals surface area (Å²) in [6, 6.07) is 0.588. The van der Waals surface area contributed by atoms with Crippen LogP contribution in [0.25, 0.3) is 0 Å². The van der Waals surface area contributed by atoms with Gasteiger partial charge in [-0.1, -0.05) is 0 Å². The average molecular weight is 183 g/mol. The van der Waals surface area contributed by atoms with Gasteiger partial charge in [0.15, 0.2) is 0 Å². The maximum absolute atomic E-state index is 11.6. The fraction of sp³-hybridized carbons (Fsp3) is 0.900. The Hall–Kier alpha value is -0.570. The quantitative estimate of drug-likeness (QED) is 0.666. The predicted octanol–water partition coefficient (Wildman–Crippen LogP) is 1.22. The first kappa shape index (κ1) is 9.00. The molecule has 0 aromatic rings. The molecule has 13 heavy (non-hydrogen) atoms. The van der Waals surface area contributed by atoms with Gasteiger partial charge in [0, 0.05) is 6.04 Å². The van der Waals surface area contributed by atoms with Gasteiger partial charge in [-0.2, -0.15) is 0 Å². The largest absolute Gasteiger partial charge is 0.465 e. The first-order chi connectivity index (χ1) is 6.27. The van der Waals surface area contributed by atoms with Crippen molar-refractivity contribution in [3.05, 3.63) is 0 Å². The van der Waals surface area contributed by atoms with Crippen molar-refractivity contribution in [2.45, 2.75) is 50.6 Å². The summed E-state index contributed by atoms with van der Waals surface area (Å²) in [7, 11) is 0. The van der Waals surface area contributed by atoms with Gasteiger partial charge in [0.05, 0.1) is 6.61 Å². The van der Waals surface area contributed by atoms with Gasteiger partial charge in [-0.05, 0) is 39.0 Å². The standard InChI is InChI=1S/C10H17NO2/c1-2-13-9(12)10(6-3-7-10)11-8-4-5-8/h8,11H,2-7H2,1H3. The topological polar surface area (TPSA) is 38.3 Å². The van der Waals surface area contributed by atoms with Crippen LogP contribution >= 0.6 is 0 Å². The second kappa shape index (κ2) is 3.29. The fourth-order valence-electron chi connectivity index (χ4n) is 1.83. The summed E-state index contributed by atoms with van der Waals surface area (Å²) in [5.74, 6) is -0.0341. The summed E-state index contributed by atoms with van der Waals surface area (Å²) in [6.45, 7) is 2.36. The molecule has 2 fully saturated rings. The third-order valence-electron chi connectivity index (χ3n) is 2.93. The van der Waals surface area contributed by atoms with Gasteiger partial charge in [-0.25, -0.2) is 0 Å². The molecule has 0 amide bonds. The highest BCUT2D eigenvalue weighted by molar-refractivity contribution is 5.82. The number of hydrogen-bond donors (Lipinski definition) is 1. The predicted molar refractivity (Wildman–Crippen MR) is 49.4 cm³/mol. The smallest absolute Gasteiger partial charge is 0.326 e. The van der Waals surface area contributed by atoms with Gasteiger partial charge in [0.1, 0.15) is 5.54 Å². The van der Waals surface area contributed by atoms with Gasteiger partial charge in [-0.15, -0.1) is 0 Å². The highest BCUT2D eigenvalue weighted by atomic mass is 16.5. The summed E-state index contributed by atoms with van der Waals surface area (Å²) in [4.78, 5) is 11.6. The number of carbonyl (C=O) groups is 1. The van der Waals surface area contributed by atoms with Crippen LogP contribution in [-0.2, 0) is 9.53 Å². The monoisotopic (exact) mass is 183 g/mol. The van der Waals surface area contributed by atoms with Crippen molar-refractivity contribution in [3.63, 3.8) is 0 Å². The van der Waals surface area contributed by atoms with Crippen LogP contribution in [0, 0.1) is 0 Å². The molecule has 0 aliphatic heterocycles. The third-order valence-corrected chi connectivity index (χ3v) is 2.93. The normalized spacial score (nSPS) is 25.0. The number of nitrogens with one attached hydrogen (secondary N) is 1. The van der Waals surface area contributed by atoms with E-state index in [0.717, 1.165) is 19.3 Å². The Morgan fingerprint density at radius 3 is 2.62 bits per heavy atom. The first-order valence-corrected chi connectivity index (χ1v) is 5.22. The molecule has 2 aliphatic rings. The van der Waals surface area contributed by atoms with E-state index in [1.807, 2.05) is 6.92 Å². The lowest BCUT2D eigenvalue weighted by atomic mass is 9.76. The van der Waals surface area contributed by atoms with Gasteiger partial charge in [-0.3, -0.25) is 10.1 Å². The molecule has 74 valence electrons. The number of ether oxygens (including phenoxy) is 1. The summed E-state index contributed by atoms with van der Waals surface area (Å²) in [5, 5.41) is 3.41. The lowest BCUT2D eigenvalue weighted by molar-refractivity contribution is -0.155. The van der Waals surface area contributed by atoms with E-state index >= 15 is 0 Å². The Labute approximate surface area is 78.8 Å². The average Bonchev–Trinajstić information content (AvgIpc) is 2.80. The molecule has 2 rings (SSSR count). The van der Waals surface area contributed by atoms with Crippen LogP contribution < -0.4 is 5.32 Å². The lowest BCUT2D eigenvalue weighted by Gasteiger charge is -2.40. The maximum Gasteiger partial charge on any atom is 0.326 e. The Bertz CT molecular complexity index is 207. The minimum absolute atomic E-state index is 0.0341. The molecule has 0 aromatic carbocycles. The molecule has 0 unspecified atom stereocenters. The Morgan fingerprint density at radius 2 is 2.23 bits per heavy atom. The van der Waals surface area contributed by atoms with E-state index in [0.29, 0.717) is 12.6 Å². The zero-order valence-corrected chi connectivity index (χ0v) is 8.14. The molecule has 0 bridgehead atoms. The zero-order chi connectivity index (χ0) is 9.31. The molecule has 0 spiro atoms. The molecule has 0 atom stereocenters. The maximum atomic E-state index is 11.6. The SMILES string of the molecule is CCOC(=O)C1(NC2CC2)CCC1. The van der Waals surface area contributed by atoms with Gasteiger partial charge < -0.3 is 4.74 Å². The molecule has 3 nitrogen and oxygen atoms in total. The van der Waals surface area contributed by atoms with E-state index in [1.165, 1.54) is 12.8 Å². The van der Waals surface area contributed by atoms with Crippen LogP contribution in [0.1, 0.15) is 39.0 Å². The molecule has 0 saturated heterocycles. The summed E-state index contributed by atoms with van der Waals surface area (Å²) < 4.78 is 5.08. The van der Waals surface area contributed by atoms with Crippen molar-refractivity contribution in [1.82, 2.24) is 5.32 Å². The van der Waals surface area contributed by atoms with Crippen LogP contribution in [0.4, 0.5) is 0 Å². The number of hydrogen-bond acceptors (Lipinski definition) is 3. The van der Waals surface area contributed by atoms with Crippen LogP contribution in [0.3, 0.4) is 0 Å². The molecule has 0 aromatic heterocycles. The van der Waals surface area contributed by atoms with E-state index in [4.69, 9.17) is 4.74 Å². The Balaban J connectivity index is 1.92. The summed E-state index contributed by atoms with van der Waals surface area (Å²) >= 11 is 0. The molecule has 1 N–H and O–H groups in total. The van der Waals surface area contributed by atoms with Gasteiger partial charge in [0.2, 0.25) is 0 Å².